The molecule has 0 atom stereocenters. The Balaban J connectivity index is 1.54. The maximum atomic E-state index is 12.7. The number of aromatic nitrogens is 4. The summed E-state index contributed by atoms with van der Waals surface area (Å²) in [5.41, 5.74) is 3.58. The van der Waals surface area contributed by atoms with E-state index in [1.165, 1.54) is 0 Å². The lowest BCUT2D eigenvalue weighted by Gasteiger charge is -2.16. The molecule has 0 radical (unpaired) electrons. The topological polar surface area (TPSA) is 77.0 Å². The van der Waals surface area contributed by atoms with Gasteiger partial charge in [-0.15, -0.1) is 0 Å². The summed E-state index contributed by atoms with van der Waals surface area (Å²) in [6.07, 6.45) is 1.04. The summed E-state index contributed by atoms with van der Waals surface area (Å²) in [7, 11) is 1.87. The van der Waals surface area contributed by atoms with Crippen LogP contribution in [-0.4, -0.2) is 30.7 Å². The van der Waals surface area contributed by atoms with Gasteiger partial charge >= 0.3 is 0 Å². The van der Waals surface area contributed by atoms with Crippen LogP contribution in [0.1, 0.15) is 29.6 Å². The molecule has 0 saturated heterocycles. The van der Waals surface area contributed by atoms with E-state index in [2.05, 4.69) is 15.2 Å². The maximum absolute atomic E-state index is 12.7. The van der Waals surface area contributed by atoms with Crippen LogP contribution in [0.25, 0.3) is 11.6 Å². The third kappa shape index (κ3) is 2.99. The van der Waals surface area contributed by atoms with Gasteiger partial charge in [0.05, 0.1) is 25.2 Å². The lowest BCUT2D eigenvalue weighted by atomic mass is 10.1. The van der Waals surface area contributed by atoms with E-state index in [0.717, 1.165) is 16.8 Å². The Bertz CT molecular complexity index is 961. The second kappa shape index (κ2) is 6.57. The number of carbonyl (C=O) groups excluding carboxylic acids is 1. The van der Waals surface area contributed by atoms with Crippen molar-refractivity contribution in [2.45, 2.75) is 32.9 Å². The van der Waals surface area contributed by atoms with E-state index in [-0.39, 0.29) is 5.91 Å². The summed E-state index contributed by atoms with van der Waals surface area (Å²) in [5, 5.41) is 9.10. The highest BCUT2D eigenvalue weighted by Crippen LogP contribution is 2.31. The molecule has 4 rings (SSSR count). The zero-order valence-electron chi connectivity index (χ0n) is 14.6. The zero-order valence-corrected chi connectivity index (χ0v) is 15.3. The molecule has 0 spiro atoms. The van der Waals surface area contributed by atoms with Crippen molar-refractivity contribution in [3.05, 3.63) is 51.9 Å². The van der Waals surface area contributed by atoms with Crippen LogP contribution in [-0.2, 0) is 37.8 Å². The average Bonchev–Trinajstić information content (AvgIpc) is 3.33. The van der Waals surface area contributed by atoms with Gasteiger partial charge in [0.2, 0.25) is 5.91 Å². The fourth-order valence-corrected chi connectivity index (χ4v) is 3.25. The minimum Gasteiger partial charge on any atom is -0.332 e. The molecule has 7 nitrogen and oxygen atoms in total. The molecule has 0 unspecified atom stereocenters. The molecular weight excluding hydrogens is 354 g/mol. The number of fused-ring (bicyclic) bond motifs is 1. The van der Waals surface area contributed by atoms with Gasteiger partial charge in [-0.05, 0) is 17.7 Å². The van der Waals surface area contributed by atoms with Crippen LogP contribution in [0.15, 0.2) is 28.8 Å². The molecule has 2 aromatic heterocycles. The predicted octanol–water partition coefficient (Wildman–Crippen LogP) is 2.77. The Morgan fingerprint density at radius 2 is 2.04 bits per heavy atom. The molecule has 8 heteroatoms. The highest BCUT2D eigenvalue weighted by atomic mass is 35.5. The molecule has 0 aliphatic carbocycles. The Labute approximate surface area is 155 Å². The van der Waals surface area contributed by atoms with E-state index in [4.69, 9.17) is 16.1 Å². The largest absolute Gasteiger partial charge is 0.332 e. The van der Waals surface area contributed by atoms with Crippen molar-refractivity contribution >= 4 is 17.5 Å². The number of nitrogens with zero attached hydrogens (tertiary/aromatic N) is 5. The van der Waals surface area contributed by atoms with Crippen LogP contribution in [0.4, 0.5) is 0 Å². The first kappa shape index (κ1) is 16.8. The van der Waals surface area contributed by atoms with Crippen molar-refractivity contribution in [3.63, 3.8) is 0 Å². The summed E-state index contributed by atoms with van der Waals surface area (Å²) >= 11 is 5.90. The molecule has 1 aromatic carbocycles. The van der Waals surface area contributed by atoms with Crippen molar-refractivity contribution in [2.24, 2.45) is 7.05 Å². The first-order valence-corrected chi connectivity index (χ1v) is 8.83. The number of amides is 1. The van der Waals surface area contributed by atoms with Crippen LogP contribution in [0.5, 0.6) is 0 Å². The highest BCUT2D eigenvalue weighted by molar-refractivity contribution is 6.30. The summed E-state index contributed by atoms with van der Waals surface area (Å²) in [5.74, 6) is 1.12. The third-order valence-corrected chi connectivity index (χ3v) is 4.82. The van der Waals surface area contributed by atoms with Crippen molar-refractivity contribution in [1.29, 1.82) is 0 Å². The van der Waals surface area contributed by atoms with E-state index in [1.807, 2.05) is 31.0 Å². The molecule has 3 aromatic rings. The molecule has 1 amide bonds. The lowest BCUT2D eigenvalue weighted by Crippen LogP contribution is -2.27. The number of rotatable bonds is 4. The zero-order chi connectivity index (χ0) is 18.3. The molecule has 1 aliphatic rings. The monoisotopic (exact) mass is 371 g/mol. The molecule has 3 heterocycles. The quantitative estimate of drug-likeness (QED) is 0.704. The van der Waals surface area contributed by atoms with E-state index < -0.39 is 0 Å². The molecule has 0 saturated carbocycles. The average molecular weight is 372 g/mol. The third-order valence-electron chi connectivity index (χ3n) is 4.57. The molecule has 0 N–H and O–H groups in total. The lowest BCUT2D eigenvalue weighted by molar-refractivity contribution is -0.131. The number of hydrogen-bond donors (Lipinski definition) is 0. The summed E-state index contributed by atoms with van der Waals surface area (Å²) < 4.78 is 7.12. The number of aryl methyl sites for hydroxylation is 2. The summed E-state index contributed by atoms with van der Waals surface area (Å²) in [4.78, 5) is 18.9. The number of benzene rings is 1. The highest BCUT2D eigenvalue weighted by Gasteiger charge is 2.32. The fourth-order valence-electron chi connectivity index (χ4n) is 3.12. The SMILES string of the molecule is CCc1noc(-c2nn(C)c3c2CN(C(=O)Cc2ccc(Cl)cc2)C3)n1. The van der Waals surface area contributed by atoms with E-state index in [9.17, 15) is 4.79 Å². The standard InChI is InChI=1S/C18H18ClN5O2/c1-3-15-20-18(26-22-15)17-13-9-24(10-14(13)23(2)21-17)16(25)8-11-4-6-12(19)7-5-11/h4-7H,3,8-10H2,1-2H3. The molecule has 0 bridgehead atoms. The van der Waals surface area contributed by atoms with Gasteiger partial charge in [-0.25, -0.2) is 0 Å². The Kier molecular flexibility index (Phi) is 4.24. The molecule has 1 aliphatic heterocycles. The summed E-state index contributed by atoms with van der Waals surface area (Å²) in [6.45, 7) is 2.99. The van der Waals surface area contributed by atoms with E-state index in [1.54, 1.807) is 16.8 Å². The number of carbonyl (C=O) groups is 1. The van der Waals surface area contributed by atoms with Gasteiger partial charge in [0, 0.05) is 24.1 Å². The minimum atomic E-state index is 0.0641. The van der Waals surface area contributed by atoms with E-state index >= 15 is 0 Å². The Hall–Kier alpha value is -2.67. The van der Waals surface area contributed by atoms with E-state index in [0.29, 0.717) is 48.4 Å². The normalized spacial score (nSPS) is 13.3. The Morgan fingerprint density at radius 1 is 1.27 bits per heavy atom. The van der Waals surface area contributed by atoms with Crippen LogP contribution < -0.4 is 0 Å². The maximum Gasteiger partial charge on any atom is 0.278 e. The van der Waals surface area contributed by atoms with Gasteiger partial charge in [0.25, 0.3) is 5.89 Å². The van der Waals surface area contributed by atoms with Crippen molar-refractivity contribution in [3.8, 4) is 11.6 Å². The van der Waals surface area contributed by atoms with Crippen molar-refractivity contribution < 1.29 is 9.32 Å². The second-order valence-corrected chi connectivity index (χ2v) is 6.76. The van der Waals surface area contributed by atoms with Gasteiger partial charge in [-0.1, -0.05) is 35.8 Å². The molecular formula is C18H18ClN5O2. The Morgan fingerprint density at radius 3 is 2.73 bits per heavy atom. The van der Waals surface area contributed by atoms with Gasteiger partial charge in [-0.2, -0.15) is 10.1 Å². The van der Waals surface area contributed by atoms with Crippen molar-refractivity contribution in [1.82, 2.24) is 24.8 Å². The van der Waals surface area contributed by atoms with Crippen LogP contribution in [0, 0.1) is 0 Å². The minimum absolute atomic E-state index is 0.0641. The van der Waals surface area contributed by atoms with Crippen LogP contribution in [0.3, 0.4) is 0 Å². The molecule has 0 fully saturated rings. The smallest absolute Gasteiger partial charge is 0.278 e. The molecule has 26 heavy (non-hydrogen) atoms. The van der Waals surface area contributed by atoms with Crippen LogP contribution >= 0.6 is 11.6 Å². The van der Waals surface area contributed by atoms with Gasteiger partial charge < -0.3 is 9.42 Å². The first-order valence-electron chi connectivity index (χ1n) is 8.45. The van der Waals surface area contributed by atoms with Crippen LogP contribution in [0.2, 0.25) is 5.02 Å². The van der Waals surface area contributed by atoms with Gasteiger partial charge in [0.1, 0.15) is 0 Å². The van der Waals surface area contributed by atoms with Gasteiger partial charge in [-0.3, -0.25) is 9.48 Å². The predicted molar refractivity (Wildman–Crippen MR) is 95.3 cm³/mol. The first-order chi connectivity index (χ1) is 12.5. The fraction of sp³-hybridized carbons (Fsp3) is 0.333. The molecule has 134 valence electrons. The van der Waals surface area contributed by atoms with Gasteiger partial charge in [0.15, 0.2) is 11.5 Å². The number of halogens is 1. The second-order valence-electron chi connectivity index (χ2n) is 6.32. The number of hydrogen-bond acceptors (Lipinski definition) is 5. The van der Waals surface area contributed by atoms with Crippen molar-refractivity contribution in [2.75, 3.05) is 0 Å². The summed E-state index contributed by atoms with van der Waals surface area (Å²) in [6, 6.07) is 7.35.